The fourth-order valence-electron chi connectivity index (χ4n) is 2.42. The third kappa shape index (κ3) is 5.95. The van der Waals surface area contributed by atoms with E-state index in [9.17, 15) is 18.8 Å². The zero-order valence-corrected chi connectivity index (χ0v) is 15.0. The van der Waals surface area contributed by atoms with E-state index in [1.165, 1.54) is 30.3 Å². The van der Waals surface area contributed by atoms with Crippen molar-refractivity contribution in [2.45, 2.75) is 26.3 Å². The molecule has 1 atom stereocenters. The standard InChI is InChI=1S/C19H21FN2O5/c1-11(2)9-14(19(25)26)22-17(23)10-21-18(24)16-8-7-15(27-16)12-3-5-13(20)6-4-12/h3-8,11,14H,9-10H2,1-2H3,(H,21,24)(H,22,23)(H,25,26)/t14-/m0/s1. The zero-order chi connectivity index (χ0) is 20.0. The molecule has 2 amide bonds. The summed E-state index contributed by atoms with van der Waals surface area (Å²) in [6.45, 7) is 3.31. The summed E-state index contributed by atoms with van der Waals surface area (Å²) in [5.41, 5.74) is 0.603. The molecule has 0 radical (unpaired) electrons. The minimum Gasteiger partial charge on any atom is -0.480 e. The van der Waals surface area contributed by atoms with E-state index >= 15 is 0 Å². The highest BCUT2D eigenvalue weighted by molar-refractivity contribution is 5.95. The average Bonchev–Trinajstić information content (AvgIpc) is 3.09. The van der Waals surface area contributed by atoms with Crippen LogP contribution in [0.4, 0.5) is 4.39 Å². The number of carbonyl (C=O) groups is 3. The lowest BCUT2D eigenvalue weighted by molar-refractivity contribution is -0.142. The predicted molar refractivity (Wildman–Crippen MR) is 95.5 cm³/mol. The first-order valence-corrected chi connectivity index (χ1v) is 8.42. The van der Waals surface area contributed by atoms with Crippen LogP contribution in [0.1, 0.15) is 30.8 Å². The van der Waals surface area contributed by atoms with Crippen molar-refractivity contribution in [1.29, 1.82) is 0 Å². The Morgan fingerprint density at radius 3 is 2.37 bits per heavy atom. The van der Waals surface area contributed by atoms with Gasteiger partial charge in [-0.3, -0.25) is 9.59 Å². The highest BCUT2D eigenvalue weighted by atomic mass is 19.1. The summed E-state index contributed by atoms with van der Waals surface area (Å²) in [5, 5.41) is 13.9. The maximum Gasteiger partial charge on any atom is 0.326 e. The van der Waals surface area contributed by atoms with E-state index in [1.54, 1.807) is 6.07 Å². The Labute approximate surface area is 155 Å². The van der Waals surface area contributed by atoms with Gasteiger partial charge >= 0.3 is 5.97 Å². The highest BCUT2D eigenvalue weighted by Crippen LogP contribution is 2.22. The summed E-state index contributed by atoms with van der Waals surface area (Å²) in [6.07, 6.45) is 0.286. The van der Waals surface area contributed by atoms with E-state index in [4.69, 9.17) is 9.52 Å². The maximum absolute atomic E-state index is 13.0. The van der Waals surface area contributed by atoms with Crippen molar-refractivity contribution in [2.24, 2.45) is 5.92 Å². The molecule has 0 spiro atoms. The van der Waals surface area contributed by atoms with Gasteiger partial charge in [0.25, 0.3) is 5.91 Å². The zero-order valence-electron chi connectivity index (χ0n) is 15.0. The lowest BCUT2D eigenvalue weighted by Crippen LogP contribution is -2.46. The van der Waals surface area contributed by atoms with Gasteiger partial charge in [0, 0.05) is 5.56 Å². The predicted octanol–water partition coefficient (Wildman–Crippen LogP) is 2.43. The number of aliphatic carboxylic acids is 1. The second kappa shape index (κ2) is 8.98. The van der Waals surface area contributed by atoms with Crippen molar-refractivity contribution < 1.29 is 28.3 Å². The topological polar surface area (TPSA) is 109 Å². The van der Waals surface area contributed by atoms with Crippen molar-refractivity contribution in [3.8, 4) is 11.3 Å². The van der Waals surface area contributed by atoms with Crippen LogP contribution in [-0.2, 0) is 9.59 Å². The number of amides is 2. The monoisotopic (exact) mass is 376 g/mol. The third-order valence-corrected chi connectivity index (χ3v) is 3.71. The Hall–Kier alpha value is -3.16. The number of halogens is 1. The van der Waals surface area contributed by atoms with Gasteiger partial charge in [0.05, 0.1) is 6.54 Å². The van der Waals surface area contributed by atoms with Crippen molar-refractivity contribution in [3.63, 3.8) is 0 Å². The van der Waals surface area contributed by atoms with Gasteiger partial charge in [0.1, 0.15) is 17.6 Å². The van der Waals surface area contributed by atoms with Gasteiger partial charge in [-0.15, -0.1) is 0 Å². The van der Waals surface area contributed by atoms with Crippen LogP contribution in [0.25, 0.3) is 11.3 Å². The molecule has 0 saturated heterocycles. The van der Waals surface area contributed by atoms with Gasteiger partial charge in [-0.1, -0.05) is 13.8 Å². The van der Waals surface area contributed by atoms with Crippen LogP contribution < -0.4 is 10.6 Å². The molecule has 0 aliphatic rings. The minimum absolute atomic E-state index is 0.0147. The molecule has 8 heteroatoms. The van der Waals surface area contributed by atoms with Gasteiger partial charge in [0.2, 0.25) is 5.91 Å². The quantitative estimate of drug-likeness (QED) is 0.656. The van der Waals surface area contributed by atoms with E-state index in [-0.39, 0.29) is 30.5 Å². The molecule has 0 aliphatic heterocycles. The molecule has 2 aromatic rings. The number of rotatable bonds is 8. The van der Waals surface area contributed by atoms with Crippen LogP contribution in [0.2, 0.25) is 0 Å². The molecular weight excluding hydrogens is 355 g/mol. The molecule has 0 unspecified atom stereocenters. The fraction of sp³-hybridized carbons (Fsp3) is 0.316. The second-order valence-corrected chi connectivity index (χ2v) is 6.44. The number of hydrogen-bond donors (Lipinski definition) is 3. The van der Waals surface area contributed by atoms with Crippen molar-refractivity contribution >= 4 is 17.8 Å². The molecule has 0 aliphatic carbocycles. The van der Waals surface area contributed by atoms with E-state index in [0.717, 1.165) is 0 Å². The van der Waals surface area contributed by atoms with Crippen LogP contribution in [0.5, 0.6) is 0 Å². The lowest BCUT2D eigenvalue weighted by atomic mass is 10.0. The molecule has 0 bridgehead atoms. The van der Waals surface area contributed by atoms with Crippen LogP contribution in [0.3, 0.4) is 0 Å². The van der Waals surface area contributed by atoms with Crippen molar-refractivity contribution in [1.82, 2.24) is 10.6 Å². The summed E-state index contributed by atoms with van der Waals surface area (Å²) in [7, 11) is 0. The normalized spacial score (nSPS) is 11.9. The van der Waals surface area contributed by atoms with Gasteiger partial charge in [-0.05, 0) is 48.7 Å². The van der Waals surface area contributed by atoms with Crippen molar-refractivity contribution in [3.05, 3.63) is 48.0 Å². The highest BCUT2D eigenvalue weighted by Gasteiger charge is 2.21. The number of carbonyl (C=O) groups excluding carboxylic acids is 2. The fourth-order valence-corrected chi connectivity index (χ4v) is 2.42. The van der Waals surface area contributed by atoms with Crippen LogP contribution >= 0.6 is 0 Å². The van der Waals surface area contributed by atoms with E-state index in [0.29, 0.717) is 11.3 Å². The first-order chi connectivity index (χ1) is 12.8. The SMILES string of the molecule is CC(C)C[C@H](NC(=O)CNC(=O)c1ccc(-c2ccc(F)cc2)o1)C(=O)O. The Bertz CT molecular complexity index is 814. The molecule has 0 saturated carbocycles. The number of furan rings is 1. The Balaban J connectivity index is 1.91. The molecular formula is C19H21FN2O5. The number of benzene rings is 1. The van der Waals surface area contributed by atoms with Gasteiger partial charge in [-0.25, -0.2) is 9.18 Å². The summed E-state index contributed by atoms with van der Waals surface area (Å²) >= 11 is 0. The first-order valence-electron chi connectivity index (χ1n) is 8.42. The number of carboxylic acid groups (broad SMARTS) is 1. The number of hydrogen-bond acceptors (Lipinski definition) is 4. The second-order valence-electron chi connectivity index (χ2n) is 6.44. The van der Waals surface area contributed by atoms with Gasteiger partial charge in [0.15, 0.2) is 5.76 Å². The van der Waals surface area contributed by atoms with E-state index < -0.39 is 23.8 Å². The first kappa shape index (κ1) is 20.2. The molecule has 27 heavy (non-hydrogen) atoms. The molecule has 1 heterocycles. The molecule has 2 rings (SSSR count). The van der Waals surface area contributed by atoms with Gasteiger partial charge < -0.3 is 20.2 Å². The summed E-state index contributed by atoms with van der Waals surface area (Å²) in [6, 6.07) is 7.57. The summed E-state index contributed by atoms with van der Waals surface area (Å²) in [4.78, 5) is 35.1. The number of nitrogens with one attached hydrogen (secondary N) is 2. The largest absolute Gasteiger partial charge is 0.480 e. The Kier molecular flexibility index (Phi) is 6.70. The van der Waals surface area contributed by atoms with Crippen LogP contribution in [0.15, 0.2) is 40.8 Å². The Morgan fingerprint density at radius 1 is 1.11 bits per heavy atom. The molecule has 144 valence electrons. The van der Waals surface area contributed by atoms with Crippen LogP contribution in [0, 0.1) is 11.7 Å². The van der Waals surface area contributed by atoms with E-state index in [2.05, 4.69) is 10.6 Å². The van der Waals surface area contributed by atoms with Crippen LogP contribution in [-0.4, -0.2) is 35.5 Å². The molecule has 3 N–H and O–H groups in total. The van der Waals surface area contributed by atoms with Crippen molar-refractivity contribution in [2.75, 3.05) is 6.54 Å². The molecule has 1 aromatic heterocycles. The summed E-state index contributed by atoms with van der Waals surface area (Å²) < 4.78 is 18.4. The smallest absolute Gasteiger partial charge is 0.326 e. The minimum atomic E-state index is -1.13. The summed E-state index contributed by atoms with van der Waals surface area (Å²) in [5.74, 6) is -2.28. The maximum atomic E-state index is 13.0. The third-order valence-electron chi connectivity index (χ3n) is 3.71. The lowest BCUT2D eigenvalue weighted by Gasteiger charge is -2.16. The van der Waals surface area contributed by atoms with E-state index in [1.807, 2.05) is 13.8 Å². The Morgan fingerprint density at radius 2 is 1.78 bits per heavy atom. The molecule has 0 fully saturated rings. The molecule has 1 aromatic carbocycles. The number of carboxylic acids is 1. The molecule has 7 nitrogen and oxygen atoms in total. The average molecular weight is 376 g/mol. The van der Waals surface area contributed by atoms with Gasteiger partial charge in [-0.2, -0.15) is 0 Å².